The molecule has 2 amide bonds. The molecule has 0 aromatic heterocycles. The van der Waals surface area contributed by atoms with Crippen LogP contribution in [0.5, 0.6) is 0 Å². The first-order valence-corrected chi connectivity index (χ1v) is 6.66. The summed E-state index contributed by atoms with van der Waals surface area (Å²) in [7, 11) is 0. The fourth-order valence-electron chi connectivity index (χ4n) is 2.22. The lowest BCUT2D eigenvalue weighted by Gasteiger charge is -2.41. The van der Waals surface area contributed by atoms with Crippen LogP contribution < -0.4 is 0 Å². The van der Waals surface area contributed by atoms with E-state index in [0.717, 1.165) is 26.2 Å². The Morgan fingerprint density at radius 2 is 1.72 bits per heavy atom. The zero-order valence-electron chi connectivity index (χ0n) is 11.9. The Kier molecular flexibility index (Phi) is 4.97. The summed E-state index contributed by atoms with van der Waals surface area (Å²) in [6.45, 7) is 12.3. The first kappa shape index (κ1) is 14.8. The van der Waals surface area contributed by atoms with Gasteiger partial charge in [0.1, 0.15) is 5.54 Å². The average Bonchev–Trinajstić information content (AvgIpc) is 2.40. The van der Waals surface area contributed by atoms with Gasteiger partial charge in [0.05, 0.1) is 6.07 Å². The Labute approximate surface area is 110 Å². The molecule has 102 valence electrons. The molecule has 0 N–H and O–H groups in total. The highest BCUT2D eigenvalue weighted by atomic mass is 16.2. The third-order valence-electron chi connectivity index (χ3n) is 3.65. The topological polar surface area (TPSA) is 50.6 Å². The Hall–Kier alpha value is -1.28. The first-order chi connectivity index (χ1) is 8.46. The van der Waals surface area contributed by atoms with E-state index in [9.17, 15) is 4.79 Å². The minimum Gasteiger partial charge on any atom is -0.325 e. The van der Waals surface area contributed by atoms with Crippen molar-refractivity contribution in [3.63, 3.8) is 0 Å². The van der Waals surface area contributed by atoms with Crippen molar-refractivity contribution in [2.45, 2.75) is 33.2 Å². The summed E-state index contributed by atoms with van der Waals surface area (Å²) in [6.07, 6.45) is 0. The van der Waals surface area contributed by atoms with Crippen LogP contribution in [-0.4, -0.2) is 65.5 Å². The van der Waals surface area contributed by atoms with Gasteiger partial charge < -0.3 is 9.80 Å². The van der Waals surface area contributed by atoms with Gasteiger partial charge >= 0.3 is 6.03 Å². The number of nitrogens with zero attached hydrogens (tertiary/aromatic N) is 4. The second kappa shape index (κ2) is 6.05. The highest BCUT2D eigenvalue weighted by molar-refractivity contribution is 5.74. The maximum Gasteiger partial charge on any atom is 0.320 e. The number of hydrogen-bond donors (Lipinski definition) is 0. The predicted molar refractivity (Wildman–Crippen MR) is 71.2 cm³/mol. The summed E-state index contributed by atoms with van der Waals surface area (Å²) in [5, 5.41) is 9.11. The first-order valence-electron chi connectivity index (χ1n) is 6.66. The van der Waals surface area contributed by atoms with Crippen molar-refractivity contribution in [1.29, 1.82) is 5.26 Å². The zero-order chi connectivity index (χ0) is 13.8. The molecule has 1 saturated heterocycles. The molecule has 0 atom stereocenters. The van der Waals surface area contributed by atoms with Gasteiger partial charge in [-0.25, -0.2) is 4.79 Å². The van der Waals surface area contributed by atoms with Crippen molar-refractivity contribution in [1.82, 2.24) is 14.7 Å². The van der Waals surface area contributed by atoms with Gasteiger partial charge in [0.2, 0.25) is 0 Å². The van der Waals surface area contributed by atoms with Crippen LogP contribution in [0.15, 0.2) is 0 Å². The van der Waals surface area contributed by atoms with Gasteiger partial charge in [-0.05, 0) is 27.7 Å². The lowest BCUT2D eigenvalue weighted by atomic mass is 10.0. The molecule has 1 rings (SSSR count). The lowest BCUT2D eigenvalue weighted by Crippen LogP contribution is -2.57. The molecule has 0 spiro atoms. The van der Waals surface area contributed by atoms with E-state index in [1.807, 2.05) is 37.5 Å². The minimum atomic E-state index is -0.440. The summed E-state index contributed by atoms with van der Waals surface area (Å²) >= 11 is 0. The third-order valence-corrected chi connectivity index (χ3v) is 3.65. The second-order valence-corrected chi connectivity index (χ2v) is 5.10. The van der Waals surface area contributed by atoms with E-state index >= 15 is 0 Å². The number of amides is 2. The molecule has 5 nitrogen and oxygen atoms in total. The molecule has 0 aromatic carbocycles. The van der Waals surface area contributed by atoms with Crippen LogP contribution in [0, 0.1) is 11.3 Å². The molecule has 1 fully saturated rings. The number of urea groups is 1. The average molecular weight is 252 g/mol. The Balaban J connectivity index is 2.55. The van der Waals surface area contributed by atoms with Crippen molar-refractivity contribution in [3.8, 4) is 6.07 Å². The fraction of sp³-hybridized carbons (Fsp3) is 0.846. The molecule has 0 aromatic rings. The van der Waals surface area contributed by atoms with Crippen LogP contribution in [0.1, 0.15) is 27.7 Å². The molecule has 1 aliphatic heterocycles. The summed E-state index contributed by atoms with van der Waals surface area (Å²) in [4.78, 5) is 18.0. The molecule has 0 radical (unpaired) electrons. The summed E-state index contributed by atoms with van der Waals surface area (Å²) < 4.78 is 0. The van der Waals surface area contributed by atoms with Crippen molar-refractivity contribution in [2.75, 3.05) is 39.3 Å². The van der Waals surface area contributed by atoms with Crippen molar-refractivity contribution in [3.05, 3.63) is 0 Å². The number of hydrogen-bond acceptors (Lipinski definition) is 3. The van der Waals surface area contributed by atoms with Gasteiger partial charge in [-0.2, -0.15) is 5.26 Å². The van der Waals surface area contributed by atoms with E-state index < -0.39 is 5.54 Å². The molecule has 18 heavy (non-hydrogen) atoms. The van der Waals surface area contributed by atoms with Crippen molar-refractivity contribution >= 4 is 6.03 Å². The molecule has 0 bridgehead atoms. The molecular formula is C13H24N4O. The van der Waals surface area contributed by atoms with Crippen LogP contribution in [0.3, 0.4) is 0 Å². The number of piperazine rings is 1. The Morgan fingerprint density at radius 3 is 2.11 bits per heavy atom. The molecular weight excluding hydrogens is 228 g/mol. The van der Waals surface area contributed by atoms with E-state index in [4.69, 9.17) is 5.26 Å². The van der Waals surface area contributed by atoms with Gasteiger partial charge in [-0.3, -0.25) is 4.90 Å². The standard InChI is InChI=1S/C13H24N4O/c1-5-15(6-2)12(18)16-7-9-17(10-8-16)13(3,4)11-14/h5-10H2,1-4H3. The van der Waals surface area contributed by atoms with Gasteiger partial charge in [0.15, 0.2) is 0 Å². The zero-order valence-corrected chi connectivity index (χ0v) is 11.9. The number of rotatable bonds is 3. The van der Waals surface area contributed by atoms with Gasteiger partial charge in [0.25, 0.3) is 0 Å². The monoisotopic (exact) mass is 252 g/mol. The smallest absolute Gasteiger partial charge is 0.320 e. The van der Waals surface area contributed by atoms with E-state index in [1.54, 1.807) is 0 Å². The van der Waals surface area contributed by atoms with E-state index in [1.165, 1.54) is 0 Å². The molecule has 0 aliphatic carbocycles. The molecule has 0 saturated carbocycles. The van der Waals surface area contributed by atoms with Gasteiger partial charge in [-0.15, -0.1) is 0 Å². The van der Waals surface area contributed by atoms with Crippen LogP contribution in [-0.2, 0) is 0 Å². The summed E-state index contributed by atoms with van der Waals surface area (Å²) in [5.74, 6) is 0. The Morgan fingerprint density at radius 1 is 1.22 bits per heavy atom. The highest BCUT2D eigenvalue weighted by Crippen LogP contribution is 2.16. The molecule has 5 heteroatoms. The van der Waals surface area contributed by atoms with Crippen molar-refractivity contribution < 1.29 is 4.79 Å². The maximum atomic E-state index is 12.2. The quantitative estimate of drug-likeness (QED) is 0.762. The minimum absolute atomic E-state index is 0.120. The van der Waals surface area contributed by atoms with Gasteiger partial charge in [0, 0.05) is 39.3 Å². The number of carbonyl (C=O) groups excluding carboxylic acids is 1. The van der Waals surface area contributed by atoms with Crippen molar-refractivity contribution in [2.24, 2.45) is 0 Å². The summed E-state index contributed by atoms with van der Waals surface area (Å²) in [5.41, 5.74) is -0.440. The SMILES string of the molecule is CCN(CC)C(=O)N1CCN(C(C)(C)C#N)CC1. The highest BCUT2D eigenvalue weighted by Gasteiger charge is 2.31. The third kappa shape index (κ3) is 3.14. The number of carbonyl (C=O) groups is 1. The predicted octanol–water partition coefficient (Wildman–Crippen LogP) is 1.37. The van der Waals surface area contributed by atoms with Crippen LogP contribution >= 0.6 is 0 Å². The van der Waals surface area contributed by atoms with Gasteiger partial charge in [-0.1, -0.05) is 0 Å². The largest absolute Gasteiger partial charge is 0.325 e. The molecule has 1 heterocycles. The lowest BCUT2D eigenvalue weighted by molar-refractivity contribution is 0.0800. The van der Waals surface area contributed by atoms with Crippen LogP contribution in [0.2, 0.25) is 0 Å². The Bertz CT molecular complexity index is 322. The summed E-state index contributed by atoms with van der Waals surface area (Å²) in [6, 6.07) is 2.43. The van der Waals surface area contributed by atoms with Crippen LogP contribution in [0.4, 0.5) is 4.79 Å². The maximum absolute atomic E-state index is 12.2. The molecule has 1 aliphatic rings. The second-order valence-electron chi connectivity index (χ2n) is 5.10. The van der Waals surface area contributed by atoms with E-state index in [-0.39, 0.29) is 6.03 Å². The fourth-order valence-corrected chi connectivity index (χ4v) is 2.22. The molecule has 0 unspecified atom stereocenters. The van der Waals surface area contributed by atoms with E-state index in [2.05, 4.69) is 11.0 Å². The van der Waals surface area contributed by atoms with Crippen LogP contribution in [0.25, 0.3) is 0 Å². The number of nitriles is 1. The normalized spacial score (nSPS) is 17.4. The van der Waals surface area contributed by atoms with E-state index in [0.29, 0.717) is 13.1 Å².